The third kappa shape index (κ3) is 5.39. The number of nitrogens with zero attached hydrogens (tertiary/aromatic N) is 1. The zero-order valence-electron chi connectivity index (χ0n) is 17.9. The number of rotatable bonds is 7. The highest BCUT2D eigenvalue weighted by molar-refractivity contribution is 6.00. The second-order valence-corrected chi connectivity index (χ2v) is 7.30. The first-order valence-electron chi connectivity index (χ1n) is 9.89. The van der Waals surface area contributed by atoms with Crippen molar-refractivity contribution in [3.05, 3.63) is 83.2 Å². The number of amides is 2. The number of hydrogen-bond donors (Lipinski definition) is 2. The van der Waals surface area contributed by atoms with E-state index in [1.54, 1.807) is 60.1 Å². The van der Waals surface area contributed by atoms with Crippen molar-refractivity contribution < 1.29 is 19.1 Å². The lowest BCUT2D eigenvalue weighted by molar-refractivity contribution is -0.122. The minimum Gasteiger partial charge on any atom is -0.481 e. The van der Waals surface area contributed by atoms with Gasteiger partial charge < -0.3 is 10.1 Å². The van der Waals surface area contributed by atoms with Gasteiger partial charge in [0.2, 0.25) is 0 Å². The summed E-state index contributed by atoms with van der Waals surface area (Å²) < 4.78 is 7.41. The molecule has 2 N–H and O–H groups in total. The number of aromatic nitrogens is 1. The van der Waals surface area contributed by atoms with Gasteiger partial charge in [0, 0.05) is 28.2 Å². The van der Waals surface area contributed by atoms with E-state index in [9.17, 15) is 14.4 Å². The van der Waals surface area contributed by atoms with E-state index >= 15 is 0 Å². The summed E-state index contributed by atoms with van der Waals surface area (Å²) in [4.78, 5) is 36.4. The normalized spacial score (nSPS) is 11.5. The van der Waals surface area contributed by atoms with Crippen molar-refractivity contribution in [1.82, 2.24) is 4.68 Å². The molecule has 0 bridgehead atoms. The van der Waals surface area contributed by atoms with E-state index in [4.69, 9.17) is 4.74 Å². The Bertz CT molecular complexity index is 1100. The molecule has 31 heavy (non-hydrogen) atoms. The highest BCUT2D eigenvalue weighted by Crippen LogP contribution is 2.16. The smallest absolute Gasteiger partial charge is 0.270 e. The third-order valence-electron chi connectivity index (χ3n) is 4.82. The van der Waals surface area contributed by atoms with E-state index < -0.39 is 6.10 Å². The van der Waals surface area contributed by atoms with Crippen LogP contribution in [-0.2, 0) is 4.79 Å². The molecule has 0 aliphatic carbocycles. The topological polar surface area (TPSA) is 89.4 Å². The van der Waals surface area contributed by atoms with E-state index in [1.165, 1.54) is 6.92 Å². The van der Waals surface area contributed by atoms with Gasteiger partial charge in [-0.15, -0.1) is 0 Å². The van der Waals surface area contributed by atoms with Crippen LogP contribution in [0.1, 0.15) is 46.0 Å². The maximum absolute atomic E-state index is 12.5. The number of ketones is 1. The number of ether oxygens (including phenoxy) is 1. The first-order chi connectivity index (χ1) is 14.7. The van der Waals surface area contributed by atoms with Crippen molar-refractivity contribution in [3.8, 4) is 5.75 Å². The third-order valence-corrected chi connectivity index (χ3v) is 4.82. The Hall–Kier alpha value is -3.87. The van der Waals surface area contributed by atoms with Crippen LogP contribution in [0.25, 0.3) is 0 Å². The standard InChI is InChI=1S/C24H25N3O4/c1-15-8-9-16(2)27(15)26-24(30)19-10-12-22(13-11-19)31-18(4)23(29)25-21-7-5-6-20(14-21)17(3)28/h5-14,18H,1-4H3,(H,25,29)(H,26,30). The molecule has 1 aromatic heterocycles. The van der Waals surface area contributed by atoms with Crippen LogP contribution in [0.15, 0.2) is 60.7 Å². The van der Waals surface area contributed by atoms with Crippen LogP contribution in [0.5, 0.6) is 5.75 Å². The lowest BCUT2D eigenvalue weighted by Crippen LogP contribution is -2.30. The van der Waals surface area contributed by atoms with Crippen molar-refractivity contribution in [2.75, 3.05) is 10.7 Å². The zero-order chi connectivity index (χ0) is 22.5. The van der Waals surface area contributed by atoms with Gasteiger partial charge in [0.1, 0.15) is 5.75 Å². The van der Waals surface area contributed by atoms with Crippen molar-refractivity contribution in [3.63, 3.8) is 0 Å². The number of hydrogen-bond acceptors (Lipinski definition) is 4. The van der Waals surface area contributed by atoms with Crippen LogP contribution in [0.2, 0.25) is 0 Å². The van der Waals surface area contributed by atoms with E-state index in [2.05, 4.69) is 10.7 Å². The van der Waals surface area contributed by atoms with Gasteiger partial charge >= 0.3 is 0 Å². The van der Waals surface area contributed by atoms with E-state index in [-0.39, 0.29) is 17.6 Å². The van der Waals surface area contributed by atoms with Crippen LogP contribution in [-0.4, -0.2) is 28.4 Å². The Balaban J connectivity index is 1.60. The van der Waals surface area contributed by atoms with Crippen molar-refractivity contribution in [1.29, 1.82) is 0 Å². The molecule has 3 aromatic rings. The van der Waals surface area contributed by atoms with Gasteiger partial charge in [0.15, 0.2) is 11.9 Å². The fourth-order valence-corrected chi connectivity index (χ4v) is 3.01. The van der Waals surface area contributed by atoms with Crippen molar-refractivity contribution >= 4 is 23.3 Å². The molecule has 0 saturated carbocycles. The molecule has 1 atom stereocenters. The largest absolute Gasteiger partial charge is 0.481 e. The monoisotopic (exact) mass is 419 g/mol. The van der Waals surface area contributed by atoms with E-state index in [0.717, 1.165) is 11.4 Å². The molecule has 3 rings (SSSR count). The molecule has 0 spiro atoms. The molecule has 0 radical (unpaired) electrons. The Morgan fingerprint density at radius 3 is 2.16 bits per heavy atom. The van der Waals surface area contributed by atoms with Gasteiger partial charge in [0.25, 0.3) is 11.8 Å². The molecule has 1 unspecified atom stereocenters. The number of aryl methyl sites for hydroxylation is 2. The summed E-state index contributed by atoms with van der Waals surface area (Å²) in [5.74, 6) is -0.206. The number of anilines is 1. The summed E-state index contributed by atoms with van der Waals surface area (Å²) in [5, 5.41) is 2.74. The number of Topliss-reactive ketones (excluding diaryl/α,β-unsaturated/α-hetero) is 1. The second kappa shape index (κ2) is 9.30. The minimum atomic E-state index is -0.772. The molecule has 0 aliphatic heterocycles. The van der Waals surface area contributed by atoms with Crippen LogP contribution >= 0.6 is 0 Å². The highest BCUT2D eigenvalue weighted by atomic mass is 16.5. The van der Waals surface area contributed by atoms with Gasteiger partial charge in [-0.25, -0.2) is 0 Å². The van der Waals surface area contributed by atoms with Gasteiger partial charge in [-0.3, -0.25) is 24.5 Å². The van der Waals surface area contributed by atoms with Crippen molar-refractivity contribution in [2.24, 2.45) is 0 Å². The summed E-state index contributed by atoms with van der Waals surface area (Å²) in [6.45, 7) is 6.92. The summed E-state index contributed by atoms with van der Waals surface area (Å²) in [6, 6.07) is 17.1. The fourth-order valence-electron chi connectivity index (χ4n) is 3.01. The lowest BCUT2D eigenvalue weighted by atomic mass is 10.1. The Labute approximate surface area is 181 Å². The quantitative estimate of drug-likeness (QED) is 0.565. The average Bonchev–Trinajstić information content (AvgIpc) is 3.06. The average molecular weight is 419 g/mol. The van der Waals surface area contributed by atoms with Crippen LogP contribution in [0.3, 0.4) is 0 Å². The maximum Gasteiger partial charge on any atom is 0.270 e. The molecule has 160 valence electrons. The Kier molecular flexibility index (Phi) is 6.55. The van der Waals surface area contributed by atoms with Gasteiger partial charge in [-0.05, 0) is 76.2 Å². The van der Waals surface area contributed by atoms with E-state index in [0.29, 0.717) is 22.6 Å². The first kappa shape index (κ1) is 21.8. The lowest BCUT2D eigenvalue weighted by Gasteiger charge is -2.15. The molecule has 7 heteroatoms. The minimum absolute atomic E-state index is 0.0772. The number of nitrogens with one attached hydrogen (secondary N) is 2. The fraction of sp³-hybridized carbons (Fsp3) is 0.208. The molecule has 0 fully saturated rings. The second-order valence-electron chi connectivity index (χ2n) is 7.30. The summed E-state index contributed by atoms with van der Waals surface area (Å²) in [5.41, 5.74) is 6.22. The summed E-state index contributed by atoms with van der Waals surface area (Å²) in [7, 11) is 0. The highest BCUT2D eigenvalue weighted by Gasteiger charge is 2.16. The summed E-state index contributed by atoms with van der Waals surface area (Å²) >= 11 is 0. The predicted molar refractivity (Wildman–Crippen MR) is 119 cm³/mol. The Morgan fingerprint density at radius 1 is 0.903 bits per heavy atom. The van der Waals surface area contributed by atoms with Crippen LogP contribution in [0, 0.1) is 13.8 Å². The zero-order valence-corrected chi connectivity index (χ0v) is 17.9. The molecule has 2 aromatic carbocycles. The molecular formula is C24H25N3O4. The molecule has 7 nitrogen and oxygen atoms in total. The van der Waals surface area contributed by atoms with Gasteiger partial charge in [-0.2, -0.15) is 0 Å². The van der Waals surface area contributed by atoms with Gasteiger partial charge in [-0.1, -0.05) is 12.1 Å². The molecule has 0 saturated heterocycles. The molecular weight excluding hydrogens is 394 g/mol. The first-order valence-corrected chi connectivity index (χ1v) is 9.89. The van der Waals surface area contributed by atoms with Gasteiger partial charge in [0.05, 0.1) is 0 Å². The van der Waals surface area contributed by atoms with Crippen LogP contribution < -0.4 is 15.5 Å². The molecule has 2 amide bonds. The van der Waals surface area contributed by atoms with Crippen LogP contribution in [0.4, 0.5) is 5.69 Å². The number of carbonyl (C=O) groups is 3. The maximum atomic E-state index is 12.5. The van der Waals surface area contributed by atoms with E-state index in [1.807, 2.05) is 26.0 Å². The number of benzene rings is 2. The van der Waals surface area contributed by atoms with Crippen molar-refractivity contribution in [2.45, 2.75) is 33.8 Å². The predicted octanol–water partition coefficient (Wildman–Crippen LogP) is 4.10. The molecule has 1 heterocycles. The summed E-state index contributed by atoms with van der Waals surface area (Å²) in [6.07, 6.45) is -0.772. The number of carbonyl (C=O) groups excluding carboxylic acids is 3. The molecule has 0 aliphatic rings. The Morgan fingerprint density at radius 2 is 1.55 bits per heavy atom. The SMILES string of the molecule is CC(=O)c1cccc(NC(=O)C(C)Oc2ccc(C(=O)Nn3c(C)ccc3C)cc2)c1.